The van der Waals surface area contributed by atoms with Gasteiger partial charge >= 0.3 is 12.2 Å². The Morgan fingerprint density at radius 3 is 1.10 bits per heavy atom. The minimum atomic E-state index is -0.566. The van der Waals surface area contributed by atoms with E-state index in [1.165, 1.54) is 88.6 Å². The molecule has 114 heavy (non-hydrogen) atoms. The molecule has 2 aliphatic rings. The fraction of sp³-hybridized carbons (Fsp3) is 0.323. The molecule has 0 heterocycles. The smallest absolute Gasteiger partial charge is 0.407 e. The zero-order valence-corrected chi connectivity index (χ0v) is 67.2. The molecule has 0 saturated heterocycles. The Bertz CT molecular complexity index is 4430. The highest BCUT2D eigenvalue weighted by Crippen LogP contribution is 2.52. The summed E-state index contributed by atoms with van der Waals surface area (Å²) in [6, 6.07) is 92.1. The van der Waals surface area contributed by atoms with Crippen LogP contribution in [0, 0.1) is 0 Å². The zero-order valence-electron chi connectivity index (χ0n) is 65.5. The lowest BCUT2D eigenvalue weighted by Crippen LogP contribution is -2.39. The van der Waals surface area contributed by atoms with Crippen molar-refractivity contribution in [2.24, 2.45) is 0 Å². The molecule has 594 valence electrons. The van der Waals surface area contributed by atoms with E-state index in [9.17, 15) is 24.0 Å². The van der Waals surface area contributed by atoms with E-state index in [1.807, 2.05) is 96.7 Å². The van der Waals surface area contributed by atoms with Crippen molar-refractivity contribution in [3.63, 3.8) is 0 Å². The maximum absolute atomic E-state index is 12.8. The lowest BCUT2D eigenvalue weighted by molar-refractivity contribution is -0.127. The number of carbonyl (C=O) groups is 5. The lowest BCUT2D eigenvalue weighted by atomic mass is 9.84. The minimum Gasteiger partial charge on any atom is -0.497 e. The second kappa shape index (κ2) is 45.3. The molecule has 0 aromatic heterocycles. The standard InChI is InChI=1S/C51H60N2O4S.C45H47N3O7S/c1-56-43-34-32-42(33-35-43)51(40-23-11-8-12-24-40,41-25-13-9-14-26-41)58-38-22-7-5-3-2-4-6-15-31-49(54)52-36-20-10-21-37-53-50(55)57-39-48-46-29-18-16-27-44(46)45-28-17-19-30-47(45)48;1-52-36-22-20-35(21-23-36)45(33-12-4-2-5-13-33,34-14-6-3-7-15-34)56-29-24-42(49)47-32-48-43(50)31-54-28-27-53-26-25-46-44(51)55-30-41-39-18-10-8-16-37(39)38-17-9-11-19-40(38)41/h8-9,11-14,16-19,23-30,32-35,48H,2-7,10,15,20-22,31,36-39H2,1H3,(H,52,54)(H,53,55);2-23,41H,24-32H2,1H3,(H,46,51)(H,47,49)(H,48,50). The molecule has 18 heteroatoms. The van der Waals surface area contributed by atoms with E-state index in [0.29, 0.717) is 31.9 Å². The first-order chi connectivity index (χ1) is 56.1. The molecule has 0 bridgehead atoms. The molecule has 0 radical (unpaired) electrons. The number of thioether (sulfide) groups is 2. The van der Waals surface area contributed by atoms with Gasteiger partial charge in [-0.05, 0) is 140 Å². The van der Waals surface area contributed by atoms with Gasteiger partial charge in [0, 0.05) is 50.1 Å². The summed E-state index contributed by atoms with van der Waals surface area (Å²) in [6.07, 6.45) is 12.0. The SMILES string of the molecule is COc1ccc(C(SCCC(=O)NCNC(=O)COCCOCCNC(=O)OCC2c3ccccc3-c3ccccc32)(c2ccccc2)c2ccccc2)cc1.COc1ccc(C(SCCCCCCCCCCC(=O)NCCCCCNC(=O)OCC2c3ccccc3-c3ccccc32)(c2ccccc2)c2ccccc2)cc1. The van der Waals surface area contributed by atoms with Crippen molar-refractivity contribution in [1.29, 1.82) is 0 Å². The molecule has 10 aromatic rings. The third-order valence-electron chi connectivity index (χ3n) is 20.8. The number of alkyl carbamates (subject to hydrolysis) is 2. The molecule has 16 nitrogen and oxygen atoms in total. The van der Waals surface area contributed by atoms with Crippen molar-refractivity contribution in [3.05, 3.63) is 323 Å². The van der Waals surface area contributed by atoms with Gasteiger partial charge in [0.15, 0.2) is 0 Å². The number of rotatable bonds is 44. The summed E-state index contributed by atoms with van der Waals surface area (Å²) in [6.45, 7) is 2.62. The molecule has 10 aromatic carbocycles. The summed E-state index contributed by atoms with van der Waals surface area (Å²) in [7, 11) is 3.37. The van der Waals surface area contributed by atoms with E-state index in [4.69, 9.17) is 28.4 Å². The molecule has 0 fully saturated rings. The number of amides is 5. The summed E-state index contributed by atoms with van der Waals surface area (Å²) in [4.78, 5) is 62.3. The first-order valence-electron chi connectivity index (χ1n) is 40.0. The molecule has 5 N–H and O–H groups in total. The third kappa shape index (κ3) is 23.5. The lowest BCUT2D eigenvalue weighted by Gasteiger charge is -2.35. The molecule has 0 saturated carbocycles. The van der Waals surface area contributed by atoms with Crippen molar-refractivity contribution in [3.8, 4) is 33.8 Å². The van der Waals surface area contributed by atoms with Gasteiger partial charge in [0.05, 0.1) is 50.2 Å². The normalized spacial score (nSPS) is 12.0. The fourth-order valence-electron chi connectivity index (χ4n) is 15.0. The molecule has 0 spiro atoms. The zero-order chi connectivity index (χ0) is 79.3. The Balaban J connectivity index is 0.000000225. The summed E-state index contributed by atoms with van der Waals surface area (Å²) < 4.78 is 32.1. The highest BCUT2D eigenvalue weighted by molar-refractivity contribution is 8.00. The number of hydrogen-bond donors (Lipinski definition) is 5. The first kappa shape index (κ1) is 84.3. The van der Waals surface area contributed by atoms with Crippen molar-refractivity contribution >= 4 is 53.4 Å². The number of carbonyl (C=O) groups excluding carboxylic acids is 5. The molecule has 12 rings (SSSR count). The average Bonchev–Trinajstić information content (AvgIpc) is 0.979. The number of ether oxygens (including phenoxy) is 6. The Kier molecular flexibility index (Phi) is 33.5. The maximum atomic E-state index is 12.8. The molecule has 0 aliphatic heterocycles. The van der Waals surface area contributed by atoms with Crippen LogP contribution < -0.4 is 36.1 Å². The summed E-state index contributed by atoms with van der Waals surface area (Å²) >= 11 is 3.72. The largest absolute Gasteiger partial charge is 0.497 e. The highest BCUT2D eigenvalue weighted by Gasteiger charge is 2.39. The van der Waals surface area contributed by atoms with Crippen molar-refractivity contribution in [1.82, 2.24) is 26.6 Å². The second-order valence-electron chi connectivity index (χ2n) is 28.3. The molecule has 5 amide bonds. The van der Waals surface area contributed by atoms with Crippen LogP contribution in [-0.2, 0) is 42.8 Å². The van der Waals surface area contributed by atoms with Gasteiger partial charge < -0.3 is 55.0 Å². The van der Waals surface area contributed by atoms with E-state index in [2.05, 4.69) is 209 Å². The average molecular weight is 1570 g/mol. The molecule has 0 atom stereocenters. The van der Waals surface area contributed by atoms with Crippen LogP contribution in [0.5, 0.6) is 11.5 Å². The predicted octanol–water partition coefficient (Wildman–Crippen LogP) is 18.9. The minimum absolute atomic E-state index is 0.00298. The van der Waals surface area contributed by atoms with Gasteiger partial charge in [-0.15, -0.1) is 23.5 Å². The van der Waals surface area contributed by atoms with Crippen LogP contribution in [0.15, 0.2) is 267 Å². The van der Waals surface area contributed by atoms with Crippen molar-refractivity contribution in [2.75, 3.05) is 91.7 Å². The summed E-state index contributed by atoms with van der Waals surface area (Å²) in [5, 5.41) is 14.1. The Hall–Kier alpha value is -10.6. The molecule has 0 unspecified atom stereocenters. The molecule has 2 aliphatic carbocycles. The van der Waals surface area contributed by atoms with Gasteiger partial charge in [-0.2, -0.15) is 0 Å². The summed E-state index contributed by atoms with van der Waals surface area (Å²) in [5.41, 5.74) is 16.7. The monoisotopic (exact) mass is 1570 g/mol. The number of nitrogens with one attached hydrogen (secondary N) is 5. The fourth-order valence-corrected chi connectivity index (χ4v) is 18.1. The van der Waals surface area contributed by atoms with E-state index in [-0.39, 0.29) is 93.1 Å². The van der Waals surface area contributed by atoms with Gasteiger partial charge in [-0.3, -0.25) is 14.4 Å². The van der Waals surface area contributed by atoms with Crippen LogP contribution in [0.1, 0.15) is 151 Å². The second-order valence-corrected chi connectivity index (χ2v) is 30.9. The van der Waals surface area contributed by atoms with Gasteiger partial charge in [0.25, 0.3) is 0 Å². The van der Waals surface area contributed by atoms with Crippen LogP contribution in [0.25, 0.3) is 22.3 Å². The van der Waals surface area contributed by atoms with E-state index >= 15 is 0 Å². The number of methoxy groups -OCH3 is 2. The predicted molar refractivity (Wildman–Crippen MR) is 458 cm³/mol. The van der Waals surface area contributed by atoms with E-state index in [0.717, 1.165) is 77.2 Å². The maximum Gasteiger partial charge on any atom is 0.407 e. The van der Waals surface area contributed by atoms with Crippen LogP contribution in [-0.4, -0.2) is 122 Å². The van der Waals surface area contributed by atoms with Crippen molar-refractivity contribution < 1.29 is 52.4 Å². The van der Waals surface area contributed by atoms with E-state index < -0.39 is 10.8 Å². The van der Waals surface area contributed by atoms with Crippen LogP contribution in [0.3, 0.4) is 0 Å². The quantitative estimate of drug-likeness (QED) is 0.0137. The highest BCUT2D eigenvalue weighted by atomic mass is 32.2. The van der Waals surface area contributed by atoms with Crippen LogP contribution >= 0.6 is 23.5 Å². The number of fused-ring (bicyclic) bond motifs is 6. The summed E-state index contributed by atoms with van der Waals surface area (Å²) in [5.74, 6) is 2.91. The topological polar surface area (TPSA) is 201 Å². The van der Waals surface area contributed by atoms with Crippen LogP contribution in [0.4, 0.5) is 9.59 Å². The Labute approximate surface area is 681 Å². The number of unbranched alkanes of at least 4 members (excludes halogenated alkanes) is 9. The number of benzene rings is 10. The first-order valence-corrected chi connectivity index (χ1v) is 42.0. The van der Waals surface area contributed by atoms with E-state index in [1.54, 1.807) is 26.0 Å². The Morgan fingerprint density at radius 2 is 0.658 bits per heavy atom. The molecular weight excluding hydrogens is 1460 g/mol. The third-order valence-corrected chi connectivity index (χ3v) is 24.0. The van der Waals surface area contributed by atoms with Gasteiger partial charge in [0.2, 0.25) is 17.7 Å². The Morgan fingerprint density at radius 1 is 0.316 bits per heavy atom. The number of hydrogen-bond acceptors (Lipinski definition) is 13. The van der Waals surface area contributed by atoms with Crippen molar-refractivity contribution in [2.45, 2.75) is 105 Å². The van der Waals surface area contributed by atoms with Crippen LogP contribution in [0.2, 0.25) is 0 Å². The molecular formula is C96H107N5O11S2. The van der Waals surface area contributed by atoms with Gasteiger partial charge in [-0.1, -0.05) is 281 Å². The van der Waals surface area contributed by atoms with Gasteiger partial charge in [-0.25, -0.2) is 9.59 Å². The van der Waals surface area contributed by atoms with Gasteiger partial charge in [0.1, 0.15) is 31.3 Å².